The van der Waals surface area contributed by atoms with Crippen molar-refractivity contribution < 1.29 is 28.2 Å². The molecule has 7 nitrogen and oxygen atoms in total. The second-order valence-electron chi connectivity index (χ2n) is 6.10. The number of pyridine rings is 1. The molecule has 2 rings (SSSR count). The lowest BCUT2D eigenvalue weighted by Crippen LogP contribution is -2.32. The predicted molar refractivity (Wildman–Crippen MR) is 107 cm³/mol. The molecule has 154 valence electrons. The van der Waals surface area contributed by atoms with Crippen LogP contribution < -0.4 is 14.8 Å². The van der Waals surface area contributed by atoms with Gasteiger partial charge in [-0.2, -0.15) is 0 Å². The summed E-state index contributed by atoms with van der Waals surface area (Å²) in [4.78, 5) is 27.6. The molecule has 29 heavy (non-hydrogen) atoms. The first-order chi connectivity index (χ1) is 13.8. The quantitative estimate of drug-likeness (QED) is 0.515. The van der Waals surface area contributed by atoms with Crippen molar-refractivity contribution in [3.63, 3.8) is 0 Å². The van der Waals surface area contributed by atoms with Crippen LogP contribution in [0, 0.1) is 5.82 Å². The van der Waals surface area contributed by atoms with E-state index in [4.69, 9.17) is 26.4 Å². The zero-order chi connectivity index (χ0) is 21.4. The van der Waals surface area contributed by atoms with E-state index in [1.54, 1.807) is 19.1 Å². The highest BCUT2D eigenvalue weighted by atomic mass is 32.1. The van der Waals surface area contributed by atoms with E-state index in [0.29, 0.717) is 6.42 Å². The van der Waals surface area contributed by atoms with Gasteiger partial charge >= 0.3 is 11.9 Å². The number of methoxy groups -OCH3 is 1. The zero-order valence-corrected chi connectivity index (χ0v) is 17.0. The molecule has 0 fully saturated rings. The Morgan fingerprint density at radius 1 is 1.24 bits per heavy atom. The first-order valence-corrected chi connectivity index (χ1v) is 9.14. The lowest BCUT2D eigenvalue weighted by Gasteiger charge is -2.15. The van der Waals surface area contributed by atoms with E-state index in [1.165, 1.54) is 38.4 Å². The molecule has 9 heteroatoms. The van der Waals surface area contributed by atoms with Gasteiger partial charge in [-0.05, 0) is 24.6 Å². The molecule has 0 aliphatic heterocycles. The normalized spacial score (nSPS) is 11.3. The van der Waals surface area contributed by atoms with Gasteiger partial charge in [0.1, 0.15) is 29.1 Å². The van der Waals surface area contributed by atoms with Gasteiger partial charge in [-0.15, -0.1) is 0 Å². The second-order valence-corrected chi connectivity index (χ2v) is 6.51. The minimum absolute atomic E-state index is 0.0676. The molecule has 2 aromatic rings. The Morgan fingerprint density at radius 3 is 2.55 bits per heavy atom. The number of benzene rings is 1. The lowest BCUT2D eigenvalue weighted by atomic mass is 10.1. The number of thiocarbonyl (C=S) groups is 1. The molecule has 0 amide bonds. The number of carbonyl (C=O) groups excluding carboxylic acids is 2. The number of hydrogen-bond donors (Lipinski definition) is 1. The highest BCUT2D eigenvalue weighted by Crippen LogP contribution is 2.29. The van der Waals surface area contributed by atoms with Crippen molar-refractivity contribution in [3.8, 4) is 11.5 Å². The average Bonchev–Trinajstić information content (AvgIpc) is 2.67. The van der Waals surface area contributed by atoms with Crippen molar-refractivity contribution in [1.82, 2.24) is 10.3 Å². The molecule has 0 saturated carbocycles. The van der Waals surface area contributed by atoms with Gasteiger partial charge in [0.15, 0.2) is 5.75 Å². The van der Waals surface area contributed by atoms with Crippen LogP contribution in [0.15, 0.2) is 36.5 Å². The summed E-state index contributed by atoms with van der Waals surface area (Å²) in [7, 11) is 1.42. The molecule has 0 aliphatic rings. The maximum atomic E-state index is 12.9. The van der Waals surface area contributed by atoms with E-state index >= 15 is 0 Å². The van der Waals surface area contributed by atoms with Crippen molar-refractivity contribution in [2.24, 2.45) is 0 Å². The number of aromatic nitrogens is 1. The van der Waals surface area contributed by atoms with Crippen LogP contribution >= 0.6 is 12.2 Å². The first-order valence-electron chi connectivity index (χ1n) is 8.73. The third kappa shape index (κ3) is 6.79. The van der Waals surface area contributed by atoms with E-state index in [-0.39, 0.29) is 34.5 Å². The number of esters is 2. The summed E-state index contributed by atoms with van der Waals surface area (Å²) in [5.41, 5.74) is 1.02. The van der Waals surface area contributed by atoms with Crippen molar-refractivity contribution in [1.29, 1.82) is 0 Å². The lowest BCUT2D eigenvalue weighted by molar-refractivity contribution is -0.146. The number of nitrogens with zero attached hydrogens (tertiary/aromatic N) is 1. The van der Waals surface area contributed by atoms with Gasteiger partial charge in [0.25, 0.3) is 0 Å². The summed E-state index contributed by atoms with van der Waals surface area (Å²) in [5.74, 6) is -1.06. The van der Waals surface area contributed by atoms with Gasteiger partial charge < -0.3 is 19.5 Å². The molecule has 0 spiro atoms. The van der Waals surface area contributed by atoms with Crippen molar-refractivity contribution in [2.75, 3.05) is 13.7 Å². The number of carbonyl (C=O) groups is 2. The second kappa shape index (κ2) is 10.5. The van der Waals surface area contributed by atoms with E-state index in [1.807, 2.05) is 0 Å². The van der Waals surface area contributed by atoms with Gasteiger partial charge in [0.05, 0.1) is 7.11 Å². The largest absolute Gasteiger partial charge is 0.493 e. The molecule has 1 unspecified atom stereocenters. The minimum Gasteiger partial charge on any atom is -0.493 e. The maximum Gasteiger partial charge on any atom is 0.325 e. The molecule has 1 aromatic carbocycles. The Bertz CT molecular complexity index is 889. The van der Waals surface area contributed by atoms with E-state index in [9.17, 15) is 14.0 Å². The van der Waals surface area contributed by atoms with E-state index in [2.05, 4.69) is 10.3 Å². The topological polar surface area (TPSA) is 86.8 Å². The number of nitrogens with one attached hydrogen (secondary N) is 1. The van der Waals surface area contributed by atoms with Crippen molar-refractivity contribution in [2.45, 2.75) is 26.4 Å². The summed E-state index contributed by atoms with van der Waals surface area (Å²) in [6, 6.07) is 7.50. The fourth-order valence-corrected chi connectivity index (χ4v) is 2.71. The van der Waals surface area contributed by atoms with Crippen LogP contribution in [0.5, 0.6) is 11.5 Å². The van der Waals surface area contributed by atoms with Gasteiger partial charge in [0.2, 0.25) is 5.75 Å². The molecule has 0 saturated heterocycles. The fraction of sp³-hybridized carbons (Fsp3) is 0.300. The Balaban J connectivity index is 1.93. The number of rotatable bonds is 8. The Morgan fingerprint density at radius 2 is 1.93 bits per heavy atom. The number of hydrogen-bond acceptors (Lipinski definition) is 7. The minimum atomic E-state index is -0.561. The zero-order valence-electron chi connectivity index (χ0n) is 16.2. The Labute approximate surface area is 173 Å². The average molecular weight is 420 g/mol. The molecule has 0 aliphatic carbocycles. The van der Waals surface area contributed by atoms with Gasteiger partial charge in [-0.25, -0.2) is 9.37 Å². The van der Waals surface area contributed by atoms with Gasteiger partial charge in [-0.1, -0.05) is 24.4 Å². The van der Waals surface area contributed by atoms with Crippen LogP contribution in [0.4, 0.5) is 4.39 Å². The first kappa shape index (κ1) is 22.2. The van der Waals surface area contributed by atoms with E-state index in [0.717, 1.165) is 5.56 Å². The summed E-state index contributed by atoms with van der Waals surface area (Å²) in [6.45, 7) is 2.78. The monoisotopic (exact) mass is 420 g/mol. The number of ether oxygens (including phenoxy) is 3. The van der Waals surface area contributed by atoms with Crippen LogP contribution in [-0.2, 0) is 20.7 Å². The summed E-state index contributed by atoms with van der Waals surface area (Å²) >= 11 is 5.25. The number of halogens is 1. The standard InChI is InChI=1S/C20H21FN2O5S/c1-12(10-14-4-6-15(21)7-5-14)27-17(25)11-23-20(29)18-19(28-13(2)24)16(26-3)8-9-22-18/h4-9,12H,10-11H2,1-3H3,(H,23,29). The van der Waals surface area contributed by atoms with Crippen molar-refractivity contribution >= 4 is 29.1 Å². The summed E-state index contributed by atoms with van der Waals surface area (Å²) in [6.07, 6.45) is 1.48. The molecule has 1 heterocycles. The maximum absolute atomic E-state index is 12.9. The highest BCUT2D eigenvalue weighted by molar-refractivity contribution is 7.80. The van der Waals surface area contributed by atoms with E-state index < -0.39 is 18.0 Å². The molecular weight excluding hydrogens is 399 g/mol. The Hall–Kier alpha value is -3.07. The van der Waals surface area contributed by atoms with Gasteiger partial charge in [0, 0.05) is 25.6 Å². The van der Waals surface area contributed by atoms with Crippen LogP contribution in [0.2, 0.25) is 0 Å². The third-order valence-electron chi connectivity index (χ3n) is 3.71. The van der Waals surface area contributed by atoms with Gasteiger partial charge in [-0.3, -0.25) is 9.59 Å². The fourth-order valence-electron chi connectivity index (χ4n) is 2.49. The van der Waals surface area contributed by atoms with Crippen LogP contribution in [0.1, 0.15) is 25.1 Å². The SMILES string of the molecule is COc1ccnc(C(=S)NCC(=O)OC(C)Cc2ccc(F)cc2)c1OC(C)=O. The summed E-state index contributed by atoms with van der Waals surface area (Å²) < 4.78 is 28.6. The smallest absolute Gasteiger partial charge is 0.325 e. The summed E-state index contributed by atoms with van der Waals surface area (Å²) in [5, 5.41) is 2.74. The molecule has 0 bridgehead atoms. The molecule has 1 N–H and O–H groups in total. The molecule has 0 radical (unpaired) electrons. The van der Waals surface area contributed by atoms with Crippen molar-refractivity contribution in [3.05, 3.63) is 53.6 Å². The molecular formula is C20H21FN2O5S. The predicted octanol–water partition coefficient (Wildman–Crippen LogP) is 2.59. The highest BCUT2D eigenvalue weighted by Gasteiger charge is 2.19. The van der Waals surface area contributed by atoms with Crippen LogP contribution in [0.25, 0.3) is 0 Å². The molecule has 1 atom stereocenters. The molecule has 1 aromatic heterocycles. The van der Waals surface area contributed by atoms with Crippen LogP contribution in [0.3, 0.4) is 0 Å². The van der Waals surface area contributed by atoms with Crippen LogP contribution in [-0.4, -0.2) is 41.7 Å². The third-order valence-corrected chi connectivity index (χ3v) is 4.05. The Kier molecular flexibility index (Phi) is 8.02.